The molecule has 2 heterocycles. The van der Waals surface area contributed by atoms with Crippen molar-refractivity contribution in [2.24, 2.45) is 5.11 Å². The average molecular weight is 445 g/mol. The number of anilines is 1. The van der Waals surface area contributed by atoms with Crippen LogP contribution in [0.5, 0.6) is 0 Å². The van der Waals surface area contributed by atoms with Gasteiger partial charge in [-0.2, -0.15) is 5.11 Å². The van der Waals surface area contributed by atoms with E-state index in [0.717, 1.165) is 4.90 Å². The van der Waals surface area contributed by atoms with Crippen molar-refractivity contribution >= 4 is 29.4 Å². The molecule has 32 heavy (non-hydrogen) atoms. The lowest BCUT2D eigenvalue weighted by atomic mass is 10.0. The van der Waals surface area contributed by atoms with Crippen LogP contribution in [-0.2, 0) is 14.3 Å². The number of nitrogens with zero attached hydrogens (tertiary/aromatic N) is 2. The third-order valence-electron chi connectivity index (χ3n) is 5.29. The first-order chi connectivity index (χ1) is 15.4. The molecule has 0 bridgehead atoms. The van der Waals surface area contributed by atoms with Crippen molar-refractivity contribution in [3.05, 3.63) is 41.2 Å². The summed E-state index contributed by atoms with van der Waals surface area (Å²) in [5.41, 5.74) is 8.50. The summed E-state index contributed by atoms with van der Waals surface area (Å²) in [4.78, 5) is 49.6. The molecular formula is C20H25N6O6+. The van der Waals surface area contributed by atoms with Gasteiger partial charge in [-0.1, -0.05) is 6.07 Å². The molecule has 0 aromatic heterocycles. The normalized spacial score (nSPS) is 20.7. The molecule has 1 aromatic rings. The summed E-state index contributed by atoms with van der Waals surface area (Å²) >= 11 is 0. The first-order valence-corrected chi connectivity index (χ1v) is 10.1. The number of benzene rings is 1. The Kier molecular flexibility index (Phi) is 7.28. The number of piperidine rings is 1. The minimum atomic E-state index is -0.919. The number of nitrogens with two attached hydrogens (primary N) is 1. The van der Waals surface area contributed by atoms with E-state index >= 15 is 0 Å². The predicted molar refractivity (Wildman–Crippen MR) is 110 cm³/mol. The summed E-state index contributed by atoms with van der Waals surface area (Å²) in [6.45, 7) is 0.404. The third kappa shape index (κ3) is 4.81. The quantitative estimate of drug-likeness (QED) is 0.189. The van der Waals surface area contributed by atoms with Gasteiger partial charge in [-0.25, -0.2) is 5.53 Å². The summed E-state index contributed by atoms with van der Waals surface area (Å²) in [6, 6.07) is 4.24. The third-order valence-corrected chi connectivity index (χ3v) is 5.29. The highest BCUT2D eigenvalue weighted by Crippen LogP contribution is 2.33. The molecule has 2 atom stereocenters. The topological polar surface area (TPSA) is 178 Å². The van der Waals surface area contributed by atoms with Gasteiger partial charge in [0.15, 0.2) is 6.23 Å². The van der Waals surface area contributed by atoms with Crippen molar-refractivity contribution in [2.75, 3.05) is 25.5 Å². The molecule has 2 aliphatic heterocycles. The fraction of sp³-hybridized carbons (Fsp3) is 0.400. The molecular weight excluding hydrogens is 420 g/mol. The van der Waals surface area contributed by atoms with Gasteiger partial charge in [0.25, 0.3) is 11.8 Å². The van der Waals surface area contributed by atoms with Crippen molar-refractivity contribution in [1.82, 2.24) is 10.2 Å². The summed E-state index contributed by atoms with van der Waals surface area (Å²) in [5, 5.41) is 19.4. The molecule has 2 unspecified atom stereocenters. The maximum absolute atomic E-state index is 13.2. The minimum absolute atomic E-state index is 0.0298. The van der Waals surface area contributed by atoms with Crippen LogP contribution in [0.2, 0.25) is 0 Å². The van der Waals surface area contributed by atoms with Crippen LogP contribution >= 0.6 is 0 Å². The summed E-state index contributed by atoms with van der Waals surface area (Å²) in [6.07, 6.45) is 1.21. The average Bonchev–Trinajstić information content (AvgIpc) is 3.03. The van der Waals surface area contributed by atoms with E-state index in [4.69, 9.17) is 15.4 Å². The van der Waals surface area contributed by atoms with Gasteiger partial charge >= 0.3 is 5.97 Å². The molecule has 0 saturated carbocycles. The number of carbonyl (C=O) groups is 4. The van der Waals surface area contributed by atoms with Crippen LogP contribution in [0.4, 0.5) is 5.69 Å². The van der Waals surface area contributed by atoms with Crippen LogP contribution < -0.4 is 16.0 Å². The van der Waals surface area contributed by atoms with Gasteiger partial charge < -0.3 is 25.8 Å². The first kappa shape index (κ1) is 23.0. The summed E-state index contributed by atoms with van der Waals surface area (Å²) in [5.74, 6) is -2.07. The number of ether oxygens (including phenoxy) is 1. The Balaban J connectivity index is 1.76. The van der Waals surface area contributed by atoms with E-state index in [1.54, 1.807) is 29.7 Å². The number of carboxylic acids is 1. The molecule has 1 fully saturated rings. The van der Waals surface area contributed by atoms with Crippen molar-refractivity contribution in [2.45, 2.75) is 31.5 Å². The molecule has 1 saturated heterocycles. The van der Waals surface area contributed by atoms with Crippen LogP contribution in [0.1, 0.15) is 40.0 Å². The standard InChI is InChI=1S/C20H24N6O6/c1-32-18-14(5-6-15(27)24-18)26-19(30)12-3-2-4-13(17(12)20(26)31)23-10-11(25-21)9-22-8-7-16(28)29/h2-4,9,14,18,21-23H,5-8,10H2,1H3,(H,24,27)(H,28,29)/p+1/b11-9-,25-21?. The van der Waals surface area contributed by atoms with Crippen LogP contribution in [0.25, 0.3) is 0 Å². The fourth-order valence-electron chi connectivity index (χ4n) is 3.74. The molecule has 12 nitrogen and oxygen atoms in total. The van der Waals surface area contributed by atoms with Gasteiger partial charge in [-0.05, 0) is 18.6 Å². The SMILES string of the molecule is COC1NC(=O)CCC1N1C(=O)c2cccc(NC/C(=C/[NH2+]CCC(=O)O)N=N)c2C1=O. The smallest absolute Gasteiger partial charge is 0.309 e. The van der Waals surface area contributed by atoms with Crippen LogP contribution in [0, 0.1) is 5.53 Å². The van der Waals surface area contributed by atoms with Crippen molar-refractivity contribution in [3.8, 4) is 0 Å². The molecule has 12 heteroatoms. The molecule has 0 radical (unpaired) electrons. The Morgan fingerprint density at radius 1 is 1.41 bits per heavy atom. The number of fused-ring (bicyclic) bond motifs is 1. The second kappa shape index (κ2) is 10.1. The van der Waals surface area contributed by atoms with E-state index in [1.165, 1.54) is 7.11 Å². The van der Waals surface area contributed by atoms with Gasteiger partial charge in [-0.3, -0.25) is 24.1 Å². The molecule has 2 aliphatic rings. The van der Waals surface area contributed by atoms with E-state index < -0.39 is 30.1 Å². The van der Waals surface area contributed by atoms with Gasteiger partial charge in [0.05, 0.1) is 36.7 Å². The summed E-state index contributed by atoms with van der Waals surface area (Å²) < 4.78 is 5.29. The number of hydrogen-bond donors (Lipinski definition) is 5. The van der Waals surface area contributed by atoms with Crippen molar-refractivity contribution in [3.63, 3.8) is 0 Å². The van der Waals surface area contributed by atoms with Gasteiger partial charge in [0.2, 0.25) is 5.91 Å². The largest absolute Gasteiger partial charge is 0.481 e. The number of methoxy groups -OCH3 is 1. The molecule has 3 amide bonds. The second-order valence-electron chi connectivity index (χ2n) is 7.33. The highest BCUT2D eigenvalue weighted by Gasteiger charge is 2.45. The predicted octanol–water partition coefficient (Wildman–Crippen LogP) is -0.144. The van der Waals surface area contributed by atoms with E-state index in [1.807, 2.05) is 0 Å². The molecule has 0 aliphatic carbocycles. The number of amides is 3. The lowest BCUT2D eigenvalue weighted by molar-refractivity contribution is -0.587. The Bertz CT molecular complexity index is 977. The lowest BCUT2D eigenvalue weighted by Gasteiger charge is -2.35. The number of imide groups is 1. The van der Waals surface area contributed by atoms with E-state index in [-0.39, 0.29) is 36.4 Å². The van der Waals surface area contributed by atoms with Crippen molar-refractivity contribution in [1.29, 1.82) is 5.53 Å². The van der Waals surface area contributed by atoms with E-state index in [0.29, 0.717) is 24.4 Å². The molecule has 1 aromatic carbocycles. The van der Waals surface area contributed by atoms with Crippen LogP contribution in [-0.4, -0.2) is 66.2 Å². The monoisotopic (exact) mass is 445 g/mol. The number of aliphatic carboxylic acids is 1. The van der Waals surface area contributed by atoms with Crippen LogP contribution in [0.3, 0.4) is 0 Å². The number of rotatable bonds is 10. The number of carboxylic acid groups (broad SMARTS) is 1. The maximum atomic E-state index is 13.2. The van der Waals surface area contributed by atoms with E-state index in [9.17, 15) is 19.2 Å². The Morgan fingerprint density at radius 2 is 2.19 bits per heavy atom. The Labute approximate surface area is 183 Å². The number of nitrogens with one attached hydrogen (secondary N) is 3. The highest BCUT2D eigenvalue weighted by atomic mass is 16.5. The van der Waals surface area contributed by atoms with Crippen LogP contribution in [0.15, 0.2) is 35.2 Å². The fourth-order valence-corrected chi connectivity index (χ4v) is 3.74. The summed E-state index contributed by atoms with van der Waals surface area (Å²) in [7, 11) is 1.40. The lowest BCUT2D eigenvalue weighted by Crippen LogP contribution is -2.78. The van der Waals surface area contributed by atoms with E-state index in [2.05, 4.69) is 15.7 Å². The number of hydrogen-bond acceptors (Lipinski definition) is 8. The number of quaternary nitrogens is 1. The Hall–Kier alpha value is -3.64. The van der Waals surface area contributed by atoms with Gasteiger partial charge in [-0.15, -0.1) is 0 Å². The molecule has 3 rings (SSSR count). The molecule has 6 N–H and O–H groups in total. The molecule has 170 valence electrons. The number of carbonyl (C=O) groups excluding carboxylic acids is 3. The van der Waals surface area contributed by atoms with Gasteiger partial charge in [0.1, 0.15) is 11.9 Å². The highest BCUT2D eigenvalue weighted by molar-refractivity contribution is 6.24. The zero-order valence-corrected chi connectivity index (χ0v) is 17.5. The van der Waals surface area contributed by atoms with Gasteiger partial charge in [0, 0.05) is 19.2 Å². The maximum Gasteiger partial charge on any atom is 0.309 e. The Morgan fingerprint density at radius 3 is 2.88 bits per heavy atom. The minimum Gasteiger partial charge on any atom is -0.481 e. The second-order valence-corrected chi connectivity index (χ2v) is 7.33. The zero-order chi connectivity index (χ0) is 23.3. The van der Waals surface area contributed by atoms with Crippen molar-refractivity contribution < 1.29 is 34.3 Å². The zero-order valence-electron chi connectivity index (χ0n) is 17.5. The first-order valence-electron chi connectivity index (χ1n) is 10.1. The molecule has 0 spiro atoms.